The second-order valence-corrected chi connectivity index (χ2v) is 6.75. The Morgan fingerprint density at radius 3 is 2.32 bits per heavy atom. The molecule has 0 radical (unpaired) electrons. The highest BCUT2D eigenvalue weighted by Crippen LogP contribution is 2.24. The van der Waals surface area contributed by atoms with Crippen LogP contribution in [0.5, 0.6) is 5.75 Å². The molecule has 140 valence electrons. The van der Waals surface area contributed by atoms with Crippen LogP contribution in [0.1, 0.15) is 32.4 Å². The zero-order chi connectivity index (χ0) is 18.8. The van der Waals surface area contributed by atoms with Gasteiger partial charge in [0, 0.05) is 5.33 Å². The number of alkyl halides is 1. The summed E-state index contributed by atoms with van der Waals surface area (Å²) >= 11 is 3.31. The molecule has 1 amide bonds. The number of esters is 1. The number of carbonyl (C=O) groups excluding carboxylic acids is 2. The van der Waals surface area contributed by atoms with Gasteiger partial charge in [0.05, 0.1) is 26.4 Å². The number of carbonyl (C=O) groups is 2. The molecule has 0 heterocycles. The standard InChI is InChI=1S/C18H26BrNO5/c1-13(2)12-25-18(22)20(11-17(21)23-4)14(3)15-5-7-16(8-6-15)24-10-9-19/h5-8,13-14H,9-12H2,1-4H3. The van der Waals surface area contributed by atoms with Crippen molar-refractivity contribution >= 4 is 28.0 Å². The Hall–Kier alpha value is -1.76. The van der Waals surface area contributed by atoms with Gasteiger partial charge in [0.15, 0.2) is 0 Å². The van der Waals surface area contributed by atoms with Crippen LogP contribution in [-0.4, -0.2) is 49.2 Å². The Kier molecular flexibility index (Phi) is 9.34. The zero-order valence-electron chi connectivity index (χ0n) is 15.2. The molecule has 0 aliphatic carbocycles. The number of methoxy groups -OCH3 is 1. The second-order valence-electron chi connectivity index (χ2n) is 5.96. The van der Waals surface area contributed by atoms with Crippen molar-refractivity contribution in [1.29, 1.82) is 0 Å². The van der Waals surface area contributed by atoms with E-state index in [1.54, 1.807) is 0 Å². The van der Waals surface area contributed by atoms with E-state index in [-0.39, 0.29) is 18.5 Å². The molecule has 1 unspecified atom stereocenters. The minimum absolute atomic E-state index is 0.170. The van der Waals surface area contributed by atoms with Gasteiger partial charge in [-0.2, -0.15) is 0 Å². The monoisotopic (exact) mass is 415 g/mol. The number of halogens is 1. The maximum Gasteiger partial charge on any atom is 0.410 e. The first-order chi connectivity index (χ1) is 11.9. The van der Waals surface area contributed by atoms with Crippen molar-refractivity contribution in [1.82, 2.24) is 4.90 Å². The predicted molar refractivity (Wildman–Crippen MR) is 99.1 cm³/mol. The van der Waals surface area contributed by atoms with Gasteiger partial charge in [-0.3, -0.25) is 9.69 Å². The van der Waals surface area contributed by atoms with E-state index in [4.69, 9.17) is 14.2 Å². The fraction of sp³-hybridized carbons (Fsp3) is 0.556. The van der Waals surface area contributed by atoms with E-state index >= 15 is 0 Å². The lowest BCUT2D eigenvalue weighted by Gasteiger charge is -2.28. The first kappa shape index (κ1) is 21.3. The molecule has 1 atom stereocenters. The summed E-state index contributed by atoms with van der Waals surface area (Å²) in [5, 5.41) is 0.750. The highest BCUT2D eigenvalue weighted by atomic mass is 79.9. The molecule has 1 aromatic rings. The molecule has 0 saturated carbocycles. The lowest BCUT2D eigenvalue weighted by molar-refractivity contribution is -0.142. The molecule has 6 nitrogen and oxygen atoms in total. The van der Waals surface area contributed by atoms with Crippen LogP contribution in [0.25, 0.3) is 0 Å². The predicted octanol–water partition coefficient (Wildman–Crippen LogP) is 3.79. The van der Waals surface area contributed by atoms with Crippen molar-refractivity contribution in [3.63, 3.8) is 0 Å². The smallest absolute Gasteiger partial charge is 0.410 e. The van der Waals surface area contributed by atoms with E-state index in [9.17, 15) is 9.59 Å². The van der Waals surface area contributed by atoms with Crippen molar-refractivity contribution in [3.05, 3.63) is 29.8 Å². The number of amides is 1. The van der Waals surface area contributed by atoms with Crippen LogP contribution in [-0.2, 0) is 14.3 Å². The molecular formula is C18H26BrNO5. The summed E-state index contributed by atoms with van der Waals surface area (Å²) in [5.41, 5.74) is 0.872. The van der Waals surface area contributed by atoms with Crippen LogP contribution in [0.4, 0.5) is 4.79 Å². The maximum atomic E-state index is 12.4. The van der Waals surface area contributed by atoms with Gasteiger partial charge in [-0.15, -0.1) is 0 Å². The van der Waals surface area contributed by atoms with Crippen molar-refractivity contribution < 1.29 is 23.8 Å². The summed E-state index contributed by atoms with van der Waals surface area (Å²) in [6, 6.07) is 7.07. The van der Waals surface area contributed by atoms with Crippen LogP contribution in [0.2, 0.25) is 0 Å². The van der Waals surface area contributed by atoms with Crippen LogP contribution in [0.3, 0.4) is 0 Å². The molecule has 0 bridgehead atoms. The van der Waals surface area contributed by atoms with Gasteiger partial charge in [-0.25, -0.2) is 4.79 Å². The molecule has 0 aromatic heterocycles. The summed E-state index contributed by atoms with van der Waals surface area (Å²) < 4.78 is 15.5. The molecule has 1 aromatic carbocycles. The number of benzene rings is 1. The van der Waals surface area contributed by atoms with Crippen LogP contribution in [0, 0.1) is 5.92 Å². The maximum absolute atomic E-state index is 12.4. The fourth-order valence-corrected chi connectivity index (χ4v) is 2.22. The minimum Gasteiger partial charge on any atom is -0.493 e. The van der Waals surface area contributed by atoms with Crippen LogP contribution >= 0.6 is 15.9 Å². The molecule has 0 aliphatic heterocycles. The third kappa shape index (κ3) is 7.34. The van der Waals surface area contributed by atoms with E-state index in [0.29, 0.717) is 13.2 Å². The Labute approximate surface area is 157 Å². The third-order valence-corrected chi connectivity index (χ3v) is 3.80. The average Bonchev–Trinajstić information content (AvgIpc) is 2.62. The summed E-state index contributed by atoms with van der Waals surface area (Å²) in [6.07, 6.45) is -0.536. The minimum atomic E-state index is -0.536. The molecule has 1 rings (SSSR count). The Morgan fingerprint density at radius 2 is 1.80 bits per heavy atom. The number of rotatable bonds is 9. The van der Waals surface area contributed by atoms with E-state index < -0.39 is 12.1 Å². The van der Waals surface area contributed by atoms with Gasteiger partial charge in [0.2, 0.25) is 0 Å². The zero-order valence-corrected chi connectivity index (χ0v) is 16.7. The lowest BCUT2D eigenvalue weighted by Crippen LogP contribution is -2.39. The molecule has 0 saturated heterocycles. The van der Waals surface area contributed by atoms with Crippen molar-refractivity contribution in [2.24, 2.45) is 5.92 Å². The highest BCUT2D eigenvalue weighted by molar-refractivity contribution is 9.09. The normalized spacial score (nSPS) is 11.8. The van der Waals surface area contributed by atoms with Gasteiger partial charge < -0.3 is 14.2 Å². The van der Waals surface area contributed by atoms with Crippen molar-refractivity contribution in [2.75, 3.05) is 32.2 Å². The van der Waals surface area contributed by atoms with Crippen LogP contribution in [0.15, 0.2) is 24.3 Å². The second kappa shape index (κ2) is 11.0. The third-order valence-electron chi connectivity index (χ3n) is 3.48. The number of nitrogens with zero attached hydrogens (tertiary/aromatic N) is 1. The molecule has 0 aliphatic rings. The first-order valence-electron chi connectivity index (χ1n) is 8.18. The van der Waals surface area contributed by atoms with Crippen molar-refractivity contribution in [3.8, 4) is 5.75 Å². The number of hydrogen-bond acceptors (Lipinski definition) is 5. The van der Waals surface area contributed by atoms with Gasteiger partial charge in [-0.05, 0) is 30.5 Å². The van der Waals surface area contributed by atoms with Gasteiger partial charge in [-0.1, -0.05) is 41.9 Å². The Morgan fingerprint density at radius 1 is 1.16 bits per heavy atom. The molecule has 25 heavy (non-hydrogen) atoms. The van der Waals surface area contributed by atoms with Crippen molar-refractivity contribution in [2.45, 2.75) is 26.8 Å². The Balaban J connectivity index is 2.87. The van der Waals surface area contributed by atoms with Gasteiger partial charge >= 0.3 is 12.1 Å². The van der Waals surface area contributed by atoms with E-state index in [0.717, 1.165) is 16.6 Å². The van der Waals surface area contributed by atoms with E-state index in [1.807, 2.05) is 45.0 Å². The Bertz CT molecular complexity index is 547. The molecular weight excluding hydrogens is 390 g/mol. The fourth-order valence-electron chi connectivity index (χ4n) is 2.06. The van der Waals surface area contributed by atoms with Gasteiger partial charge in [0.1, 0.15) is 12.3 Å². The largest absolute Gasteiger partial charge is 0.493 e. The van der Waals surface area contributed by atoms with E-state index in [2.05, 4.69) is 15.9 Å². The lowest BCUT2D eigenvalue weighted by atomic mass is 10.1. The number of hydrogen-bond donors (Lipinski definition) is 0. The SMILES string of the molecule is COC(=O)CN(C(=O)OCC(C)C)C(C)c1ccc(OCCBr)cc1. The first-order valence-corrected chi connectivity index (χ1v) is 9.30. The quantitative estimate of drug-likeness (QED) is 0.453. The number of ether oxygens (including phenoxy) is 3. The molecule has 0 fully saturated rings. The van der Waals surface area contributed by atoms with Crippen LogP contribution < -0.4 is 4.74 Å². The molecule has 7 heteroatoms. The molecule has 0 N–H and O–H groups in total. The van der Waals surface area contributed by atoms with Gasteiger partial charge in [0.25, 0.3) is 0 Å². The van der Waals surface area contributed by atoms with E-state index in [1.165, 1.54) is 12.0 Å². The summed E-state index contributed by atoms with van der Waals surface area (Å²) in [7, 11) is 1.29. The summed E-state index contributed by atoms with van der Waals surface area (Å²) in [5.74, 6) is 0.466. The summed E-state index contributed by atoms with van der Waals surface area (Å²) in [6.45, 7) is 6.44. The molecule has 0 spiro atoms. The summed E-state index contributed by atoms with van der Waals surface area (Å²) in [4.78, 5) is 25.4. The highest BCUT2D eigenvalue weighted by Gasteiger charge is 2.26. The topological polar surface area (TPSA) is 65.1 Å². The average molecular weight is 416 g/mol.